The van der Waals surface area contributed by atoms with E-state index < -0.39 is 29.9 Å². The van der Waals surface area contributed by atoms with Crippen molar-refractivity contribution in [2.75, 3.05) is 6.61 Å². The summed E-state index contributed by atoms with van der Waals surface area (Å²) in [5, 5.41) is 9.41. The van der Waals surface area contributed by atoms with Gasteiger partial charge in [0.05, 0.1) is 6.61 Å². The van der Waals surface area contributed by atoms with Crippen molar-refractivity contribution in [3.05, 3.63) is 71.8 Å². The van der Waals surface area contributed by atoms with Crippen LogP contribution in [0, 0.1) is 0 Å². The molecule has 2 atom stereocenters. The Morgan fingerprint density at radius 3 is 1.88 bits per heavy atom. The smallest absolute Gasteiger partial charge is 0.352 e. The molecule has 2 rings (SSSR count). The second-order valence-corrected chi connectivity index (χ2v) is 5.16. The summed E-state index contributed by atoms with van der Waals surface area (Å²) in [6.07, 6.45) is -1.32. The minimum Gasteiger partial charge on any atom is -0.480 e. The number of ether oxygens (including phenoxy) is 2. The highest BCUT2D eigenvalue weighted by Gasteiger charge is 2.34. The number of carboxylic acid groups (broad SMARTS) is 1. The molecule has 2 unspecified atom stereocenters. The molecule has 2 aromatic carbocycles. The number of benzene rings is 2. The van der Waals surface area contributed by atoms with Gasteiger partial charge in [0.15, 0.2) is 5.92 Å². The number of hydrogen-bond acceptors (Lipinski definition) is 5. The van der Waals surface area contributed by atoms with E-state index in [4.69, 9.17) is 9.47 Å². The van der Waals surface area contributed by atoms with E-state index in [1.807, 2.05) is 0 Å². The van der Waals surface area contributed by atoms with Gasteiger partial charge in [0, 0.05) is 5.56 Å². The van der Waals surface area contributed by atoms with Crippen LogP contribution in [-0.4, -0.2) is 29.6 Å². The van der Waals surface area contributed by atoms with Crippen LogP contribution in [0.5, 0.6) is 0 Å². The van der Waals surface area contributed by atoms with E-state index in [0.29, 0.717) is 5.56 Å². The second-order valence-electron chi connectivity index (χ2n) is 5.16. The Labute approximate surface area is 145 Å². The van der Waals surface area contributed by atoms with E-state index in [9.17, 15) is 19.5 Å². The Balaban J connectivity index is 2.28. The van der Waals surface area contributed by atoms with Crippen LogP contribution in [0.25, 0.3) is 0 Å². The van der Waals surface area contributed by atoms with Crippen molar-refractivity contribution in [2.45, 2.75) is 18.9 Å². The Morgan fingerprint density at radius 1 is 0.880 bits per heavy atom. The number of esters is 2. The quantitative estimate of drug-likeness (QED) is 0.615. The predicted octanol–water partition coefficient (Wildman–Crippen LogP) is 2.70. The summed E-state index contributed by atoms with van der Waals surface area (Å²) < 4.78 is 10.2. The van der Waals surface area contributed by atoms with Crippen molar-refractivity contribution < 1.29 is 29.0 Å². The molecule has 0 radical (unpaired) electrons. The van der Waals surface area contributed by atoms with Crippen molar-refractivity contribution in [1.82, 2.24) is 0 Å². The van der Waals surface area contributed by atoms with Gasteiger partial charge >= 0.3 is 17.9 Å². The third kappa shape index (κ3) is 4.67. The molecule has 0 bridgehead atoms. The van der Waals surface area contributed by atoms with Gasteiger partial charge in [-0.3, -0.25) is 9.59 Å². The predicted molar refractivity (Wildman–Crippen MR) is 88.7 cm³/mol. The van der Waals surface area contributed by atoms with E-state index in [1.165, 1.54) is 12.1 Å². The van der Waals surface area contributed by atoms with Crippen LogP contribution < -0.4 is 0 Å². The number of hydrogen-bond donors (Lipinski definition) is 1. The molecule has 6 heteroatoms. The third-order valence-corrected chi connectivity index (χ3v) is 3.45. The van der Waals surface area contributed by atoms with Crippen molar-refractivity contribution in [3.8, 4) is 0 Å². The van der Waals surface area contributed by atoms with Crippen LogP contribution in [-0.2, 0) is 23.9 Å². The topological polar surface area (TPSA) is 89.9 Å². The molecule has 0 aliphatic heterocycles. The van der Waals surface area contributed by atoms with Gasteiger partial charge in [0.25, 0.3) is 0 Å². The minimum atomic E-state index is -1.53. The molecule has 0 heterocycles. The second kappa shape index (κ2) is 8.63. The summed E-state index contributed by atoms with van der Waals surface area (Å²) in [6.45, 7) is 1.74. The van der Waals surface area contributed by atoms with Crippen LogP contribution in [0.2, 0.25) is 0 Å². The summed E-state index contributed by atoms with van der Waals surface area (Å²) in [7, 11) is 0. The summed E-state index contributed by atoms with van der Waals surface area (Å²) in [4.78, 5) is 36.2. The number of carboxylic acids is 1. The molecule has 0 aliphatic rings. The van der Waals surface area contributed by atoms with Gasteiger partial charge in [-0.05, 0) is 12.5 Å². The first-order chi connectivity index (χ1) is 12.0. The van der Waals surface area contributed by atoms with Crippen LogP contribution in [0.4, 0.5) is 0 Å². The van der Waals surface area contributed by atoms with Crippen molar-refractivity contribution in [1.29, 1.82) is 0 Å². The van der Waals surface area contributed by atoms with Crippen LogP contribution >= 0.6 is 0 Å². The Morgan fingerprint density at radius 2 is 1.40 bits per heavy atom. The fourth-order valence-corrected chi connectivity index (χ4v) is 2.31. The molecule has 1 N–H and O–H groups in total. The molecule has 6 nitrogen and oxygen atoms in total. The number of aliphatic carboxylic acids is 1. The highest BCUT2D eigenvalue weighted by Crippen LogP contribution is 2.25. The van der Waals surface area contributed by atoms with Crippen LogP contribution in [0.3, 0.4) is 0 Å². The van der Waals surface area contributed by atoms with E-state index in [2.05, 4.69) is 0 Å². The standard InChI is InChI=1S/C19H18O6/c1-2-24-19(23)16(14-11-7-4-8-12-14)25-18(22)15(17(20)21)13-9-5-3-6-10-13/h3-12,15-16H,2H2,1H3,(H,20,21). The zero-order chi connectivity index (χ0) is 18.2. The molecule has 130 valence electrons. The maximum Gasteiger partial charge on any atom is 0.352 e. The molecule has 0 amide bonds. The summed E-state index contributed by atoms with van der Waals surface area (Å²) in [5.41, 5.74) is 0.683. The average molecular weight is 342 g/mol. The fourth-order valence-electron chi connectivity index (χ4n) is 2.31. The summed E-state index contributed by atoms with van der Waals surface area (Å²) in [6, 6.07) is 16.3. The lowest BCUT2D eigenvalue weighted by molar-refractivity contribution is -0.171. The molecule has 0 aromatic heterocycles. The molecule has 2 aromatic rings. The fraction of sp³-hybridized carbons (Fsp3) is 0.211. The third-order valence-electron chi connectivity index (χ3n) is 3.45. The summed E-state index contributed by atoms with van der Waals surface area (Å²) in [5.74, 6) is -4.66. The molecule has 25 heavy (non-hydrogen) atoms. The largest absolute Gasteiger partial charge is 0.480 e. The first-order valence-electron chi connectivity index (χ1n) is 7.74. The van der Waals surface area contributed by atoms with Gasteiger partial charge in [0.2, 0.25) is 6.10 Å². The van der Waals surface area contributed by atoms with E-state index in [0.717, 1.165) is 0 Å². The number of carbonyl (C=O) groups excluding carboxylic acids is 2. The van der Waals surface area contributed by atoms with E-state index in [-0.39, 0.29) is 12.2 Å². The van der Waals surface area contributed by atoms with Gasteiger partial charge in [-0.1, -0.05) is 60.7 Å². The Kier molecular flexibility index (Phi) is 6.28. The van der Waals surface area contributed by atoms with Crippen LogP contribution in [0.15, 0.2) is 60.7 Å². The lowest BCUT2D eigenvalue weighted by atomic mass is 9.99. The Hall–Kier alpha value is -3.15. The van der Waals surface area contributed by atoms with Gasteiger partial charge in [-0.2, -0.15) is 0 Å². The van der Waals surface area contributed by atoms with Gasteiger partial charge in [0.1, 0.15) is 0 Å². The lowest BCUT2D eigenvalue weighted by Gasteiger charge is -2.19. The first kappa shape index (κ1) is 18.2. The SMILES string of the molecule is CCOC(=O)C(OC(=O)C(C(=O)O)c1ccccc1)c1ccccc1. The van der Waals surface area contributed by atoms with Crippen molar-refractivity contribution >= 4 is 17.9 Å². The maximum absolute atomic E-state index is 12.5. The zero-order valence-corrected chi connectivity index (χ0v) is 13.6. The summed E-state index contributed by atoms with van der Waals surface area (Å²) >= 11 is 0. The highest BCUT2D eigenvalue weighted by atomic mass is 16.6. The average Bonchev–Trinajstić information content (AvgIpc) is 2.61. The number of rotatable bonds is 7. The van der Waals surface area contributed by atoms with Gasteiger partial charge in [-0.25, -0.2) is 4.79 Å². The van der Waals surface area contributed by atoms with Gasteiger partial charge < -0.3 is 14.6 Å². The molecule has 0 fully saturated rings. The van der Waals surface area contributed by atoms with Crippen molar-refractivity contribution in [2.24, 2.45) is 0 Å². The van der Waals surface area contributed by atoms with Gasteiger partial charge in [-0.15, -0.1) is 0 Å². The Bertz CT molecular complexity index is 726. The lowest BCUT2D eigenvalue weighted by Crippen LogP contribution is -2.29. The zero-order valence-electron chi connectivity index (χ0n) is 13.6. The highest BCUT2D eigenvalue weighted by molar-refractivity contribution is 6.00. The monoisotopic (exact) mass is 342 g/mol. The normalized spacial score (nSPS) is 12.7. The molecule has 0 saturated carbocycles. The van der Waals surface area contributed by atoms with Crippen LogP contribution in [0.1, 0.15) is 30.1 Å². The first-order valence-corrected chi connectivity index (χ1v) is 7.74. The minimum absolute atomic E-state index is 0.112. The molecular formula is C19H18O6. The number of carbonyl (C=O) groups is 3. The molecule has 0 aliphatic carbocycles. The van der Waals surface area contributed by atoms with E-state index in [1.54, 1.807) is 55.5 Å². The molecule has 0 saturated heterocycles. The molecular weight excluding hydrogens is 324 g/mol. The molecule has 0 spiro atoms. The maximum atomic E-state index is 12.5. The van der Waals surface area contributed by atoms with Crippen molar-refractivity contribution in [3.63, 3.8) is 0 Å². The van der Waals surface area contributed by atoms with E-state index >= 15 is 0 Å².